The summed E-state index contributed by atoms with van der Waals surface area (Å²) in [6.07, 6.45) is 6.67. The van der Waals surface area contributed by atoms with Crippen LogP contribution in [0.5, 0.6) is 0 Å². The largest absolute Gasteiger partial charge is 0.388 e. The molecule has 0 atom stereocenters. The van der Waals surface area contributed by atoms with E-state index in [4.69, 9.17) is 0 Å². The van der Waals surface area contributed by atoms with Gasteiger partial charge in [0, 0.05) is 12.7 Å². The molecule has 70 valence electrons. The smallest absolute Gasteiger partial charge is 0.0340 e. The Balaban J connectivity index is 2.32. The van der Waals surface area contributed by atoms with Crippen molar-refractivity contribution in [3.8, 4) is 0 Å². The van der Waals surface area contributed by atoms with Gasteiger partial charge in [-0.05, 0) is 48.9 Å². The van der Waals surface area contributed by atoms with Crippen LogP contribution in [0.1, 0.15) is 30.4 Å². The lowest BCUT2D eigenvalue weighted by Gasteiger charge is -2.07. The van der Waals surface area contributed by atoms with Crippen LogP contribution < -0.4 is 5.32 Å². The van der Waals surface area contributed by atoms with Crippen LogP contribution in [-0.4, -0.2) is 7.05 Å². The lowest BCUT2D eigenvalue weighted by atomic mass is 10.0. The molecule has 0 aromatic heterocycles. The van der Waals surface area contributed by atoms with E-state index in [0.717, 1.165) is 0 Å². The summed E-state index contributed by atoms with van der Waals surface area (Å²) in [5.74, 6) is 0. The molecular formula is C12H17N. The Morgan fingerprint density at radius 2 is 1.77 bits per heavy atom. The van der Waals surface area contributed by atoms with Gasteiger partial charge in [-0.1, -0.05) is 12.5 Å². The molecule has 0 saturated carbocycles. The zero-order valence-corrected chi connectivity index (χ0v) is 8.27. The molecule has 0 aliphatic heterocycles. The molecule has 1 aromatic carbocycles. The fraction of sp³-hybridized carbons (Fsp3) is 0.500. The molecule has 1 aliphatic carbocycles. The summed E-state index contributed by atoms with van der Waals surface area (Å²) in [5.41, 5.74) is 4.38. The van der Waals surface area contributed by atoms with Gasteiger partial charge < -0.3 is 5.32 Å². The highest BCUT2D eigenvalue weighted by molar-refractivity contribution is 5.48. The average Bonchev–Trinajstić information content (AvgIpc) is 2.41. The van der Waals surface area contributed by atoms with Gasteiger partial charge in [-0.15, -0.1) is 0 Å². The Hall–Kier alpha value is -0.980. The zero-order chi connectivity index (χ0) is 9.10. The predicted molar refractivity (Wildman–Crippen MR) is 57.2 cm³/mol. The third-order valence-electron chi connectivity index (χ3n) is 2.89. The van der Waals surface area contributed by atoms with Gasteiger partial charge in [-0.2, -0.15) is 0 Å². The highest BCUT2D eigenvalue weighted by atomic mass is 14.8. The first kappa shape index (κ1) is 8.61. The van der Waals surface area contributed by atoms with E-state index in [2.05, 4.69) is 23.5 Å². The Morgan fingerprint density at radius 3 is 2.54 bits per heavy atom. The van der Waals surface area contributed by atoms with E-state index in [-0.39, 0.29) is 0 Å². The molecule has 0 bridgehead atoms. The molecule has 0 unspecified atom stereocenters. The molecule has 13 heavy (non-hydrogen) atoms. The van der Waals surface area contributed by atoms with Crippen molar-refractivity contribution in [2.75, 3.05) is 12.4 Å². The predicted octanol–water partition coefficient (Wildman–Crippen LogP) is 3.00. The van der Waals surface area contributed by atoms with E-state index in [9.17, 15) is 0 Å². The number of hydrogen-bond acceptors (Lipinski definition) is 1. The minimum absolute atomic E-state index is 1.25. The second-order valence-electron chi connectivity index (χ2n) is 3.79. The first-order chi connectivity index (χ1) is 6.40. The van der Waals surface area contributed by atoms with E-state index in [0.29, 0.717) is 0 Å². The highest BCUT2D eigenvalue weighted by Crippen LogP contribution is 2.23. The maximum Gasteiger partial charge on any atom is 0.0340 e. The number of hydrogen-bond donors (Lipinski definition) is 1. The zero-order valence-electron chi connectivity index (χ0n) is 8.27. The molecule has 0 radical (unpaired) electrons. The summed E-state index contributed by atoms with van der Waals surface area (Å²) in [6.45, 7) is 0. The fourth-order valence-electron chi connectivity index (χ4n) is 2.07. The number of anilines is 1. The number of fused-ring (bicyclic) bond motifs is 1. The molecular weight excluding hydrogens is 158 g/mol. The van der Waals surface area contributed by atoms with Crippen molar-refractivity contribution in [3.63, 3.8) is 0 Å². The number of benzene rings is 1. The molecule has 1 aromatic rings. The summed E-state index contributed by atoms with van der Waals surface area (Å²) < 4.78 is 0. The Labute approximate surface area is 80.2 Å². The molecule has 0 spiro atoms. The summed E-state index contributed by atoms with van der Waals surface area (Å²) in [5, 5.41) is 3.20. The first-order valence-electron chi connectivity index (χ1n) is 5.20. The van der Waals surface area contributed by atoms with Crippen LogP contribution in [0.4, 0.5) is 5.69 Å². The summed E-state index contributed by atoms with van der Waals surface area (Å²) in [4.78, 5) is 0. The fourth-order valence-corrected chi connectivity index (χ4v) is 2.07. The van der Waals surface area contributed by atoms with E-state index in [1.165, 1.54) is 37.8 Å². The Kier molecular flexibility index (Phi) is 2.53. The maximum atomic E-state index is 3.20. The van der Waals surface area contributed by atoms with Gasteiger partial charge in [0.25, 0.3) is 0 Å². The molecule has 0 saturated heterocycles. The van der Waals surface area contributed by atoms with Crippen molar-refractivity contribution in [1.82, 2.24) is 0 Å². The Bertz CT molecular complexity index is 291. The number of nitrogens with one attached hydrogen (secondary N) is 1. The molecule has 1 nitrogen and oxygen atoms in total. The van der Waals surface area contributed by atoms with Gasteiger partial charge in [0.2, 0.25) is 0 Å². The van der Waals surface area contributed by atoms with Gasteiger partial charge in [0.1, 0.15) is 0 Å². The minimum atomic E-state index is 1.25. The van der Waals surface area contributed by atoms with E-state index in [1.807, 2.05) is 7.05 Å². The second-order valence-corrected chi connectivity index (χ2v) is 3.79. The highest BCUT2D eigenvalue weighted by Gasteiger charge is 2.07. The van der Waals surface area contributed by atoms with Crippen molar-refractivity contribution in [2.24, 2.45) is 0 Å². The molecule has 0 amide bonds. The van der Waals surface area contributed by atoms with Crippen molar-refractivity contribution in [2.45, 2.75) is 32.1 Å². The van der Waals surface area contributed by atoms with Gasteiger partial charge in [0.05, 0.1) is 0 Å². The maximum absolute atomic E-state index is 3.20. The first-order valence-corrected chi connectivity index (χ1v) is 5.20. The lowest BCUT2D eigenvalue weighted by Crippen LogP contribution is -1.94. The normalized spacial score (nSPS) is 16.1. The van der Waals surface area contributed by atoms with Crippen LogP contribution in [0.2, 0.25) is 0 Å². The quantitative estimate of drug-likeness (QED) is 0.647. The monoisotopic (exact) mass is 175 g/mol. The van der Waals surface area contributed by atoms with E-state index < -0.39 is 0 Å². The molecule has 1 heteroatoms. The van der Waals surface area contributed by atoms with Gasteiger partial charge in [-0.25, -0.2) is 0 Å². The molecule has 1 aliphatic rings. The number of rotatable bonds is 1. The van der Waals surface area contributed by atoms with Crippen molar-refractivity contribution >= 4 is 5.69 Å². The van der Waals surface area contributed by atoms with Gasteiger partial charge in [-0.3, -0.25) is 0 Å². The third kappa shape index (κ3) is 1.85. The van der Waals surface area contributed by atoms with Gasteiger partial charge in [0.15, 0.2) is 0 Å². The van der Waals surface area contributed by atoms with Crippen molar-refractivity contribution < 1.29 is 0 Å². The van der Waals surface area contributed by atoms with Crippen LogP contribution in [0.15, 0.2) is 18.2 Å². The lowest BCUT2D eigenvalue weighted by molar-refractivity contribution is 0.711. The van der Waals surface area contributed by atoms with E-state index >= 15 is 0 Å². The summed E-state index contributed by atoms with van der Waals surface area (Å²) in [7, 11) is 1.98. The van der Waals surface area contributed by atoms with Gasteiger partial charge >= 0.3 is 0 Å². The standard InChI is InChI=1S/C12H17N/c1-13-12-8-7-10-5-3-2-4-6-11(10)9-12/h7-9,13H,2-6H2,1H3. The summed E-state index contributed by atoms with van der Waals surface area (Å²) >= 11 is 0. The third-order valence-corrected chi connectivity index (χ3v) is 2.89. The molecule has 0 heterocycles. The molecule has 0 fully saturated rings. The van der Waals surface area contributed by atoms with Crippen LogP contribution in [0, 0.1) is 0 Å². The SMILES string of the molecule is CNc1ccc2c(c1)CCCCC2. The second kappa shape index (κ2) is 3.82. The van der Waals surface area contributed by atoms with Crippen molar-refractivity contribution in [3.05, 3.63) is 29.3 Å². The molecule has 1 N–H and O–H groups in total. The Morgan fingerprint density at radius 1 is 1.00 bits per heavy atom. The van der Waals surface area contributed by atoms with Crippen molar-refractivity contribution in [1.29, 1.82) is 0 Å². The topological polar surface area (TPSA) is 12.0 Å². The number of aryl methyl sites for hydroxylation is 2. The average molecular weight is 175 g/mol. The molecule has 2 rings (SSSR count). The van der Waals surface area contributed by atoms with Crippen LogP contribution in [0.3, 0.4) is 0 Å². The van der Waals surface area contributed by atoms with E-state index in [1.54, 1.807) is 11.1 Å². The van der Waals surface area contributed by atoms with Crippen LogP contribution in [-0.2, 0) is 12.8 Å². The van der Waals surface area contributed by atoms with Crippen LogP contribution >= 0.6 is 0 Å². The minimum Gasteiger partial charge on any atom is -0.388 e. The van der Waals surface area contributed by atoms with Crippen LogP contribution in [0.25, 0.3) is 0 Å². The summed E-state index contributed by atoms with van der Waals surface area (Å²) in [6, 6.07) is 6.78.